The standard InChI is InChI=1S/C19H30N2O2/c1-14(22)11-19(3,4)13-20-18(23)15(2)21-10-9-16-7-5-6-8-17(16)12-21/h5-8,14-15,22H,9-13H2,1-4H3,(H,20,23). The summed E-state index contributed by atoms with van der Waals surface area (Å²) in [5.41, 5.74) is 2.63. The van der Waals surface area contributed by atoms with Gasteiger partial charge in [-0.15, -0.1) is 0 Å². The molecule has 0 aromatic heterocycles. The van der Waals surface area contributed by atoms with Crippen LogP contribution in [-0.4, -0.2) is 41.1 Å². The summed E-state index contributed by atoms with van der Waals surface area (Å²) in [6.45, 7) is 10.3. The van der Waals surface area contributed by atoms with Gasteiger partial charge in [0.15, 0.2) is 0 Å². The van der Waals surface area contributed by atoms with Gasteiger partial charge >= 0.3 is 0 Å². The Morgan fingerprint density at radius 1 is 1.30 bits per heavy atom. The molecule has 0 spiro atoms. The summed E-state index contributed by atoms with van der Waals surface area (Å²) in [6, 6.07) is 8.33. The number of benzene rings is 1. The number of hydrogen-bond donors (Lipinski definition) is 2. The fraction of sp³-hybridized carbons (Fsp3) is 0.632. The Labute approximate surface area is 139 Å². The molecule has 4 heteroatoms. The molecular formula is C19H30N2O2. The Morgan fingerprint density at radius 2 is 1.96 bits per heavy atom. The van der Waals surface area contributed by atoms with Crippen molar-refractivity contribution in [2.24, 2.45) is 5.41 Å². The van der Waals surface area contributed by atoms with Crippen molar-refractivity contribution in [3.05, 3.63) is 35.4 Å². The van der Waals surface area contributed by atoms with E-state index in [9.17, 15) is 9.90 Å². The van der Waals surface area contributed by atoms with E-state index in [2.05, 4.69) is 48.3 Å². The van der Waals surface area contributed by atoms with Gasteiger partial charge in [0.2, 0.25) is 5.91 Å². The van der Waals surface area contributed by atoms with Crippen LogP contribution in [0.4, 0.5) is 0 Å². The average Bonchev–Trinajstić information content (AvgIpc) is 2.50. The fourth-order valence-corrected chi connectivity index (χ4v) is 3.36. The summed E-state index contributed by atoms with van der Waals surface area (Å²) in [4.78, 5) is 14.7. The van der Waals surface area contributed by atoms with Crippen LogP contribution >= 0.6 is 0 Å². The van der Waals surface area contributed by atoms with Crippen molar-refractivity contribution >= 4 is 5.91 Å². The van der Waals surface area contributed by atoms with Crippen LogP contribution in [0.5, 0.6) is 0 Å². The minimum Gasteiger partial charge on any atom is -0.393 e. The van der Waals surface area contributed by atoms with Crippen LogP contribution in [0.25, 0.3) is 0 Å². The maximum atomic E-state index is 12.5. The molecule has 128 valence electrons. The maximum Gasteiger partial charge on any atom is 0.237 e. The molecule has 2 rings (SSSR count). The first-order valence-corrected chi connectivity index (χ1v) is 8.55. The van der Waals surface area contributed by atoms with Gasteiger partial charge in [-0.2, -0.15) is 0 Å². The lowest BCUT2D eigenvalue weighted by Gasteiger charge is -2.34. The van der Waals surface area contributed by atoms with E-state index in [4.69, 9.17) is 0 Å². The lowest BCUT2D eigenvalue weighted by Crippen LogP contribution is -2.48. The number of aliphatic hydroxyl groups is 1. The van der Waals surface area contributed by atoms with Crippen molar-refractivity contribution in [2.75, 3.05) is 13.1 Å². The highest BCUT2D eigenvalue weighted by atomic mass is 16.3. The van der Waals surface area contributed by atoms with Gasteiger partial charge < -0.3 is 10.4 Å². The van der Waals surface area contributed by atoms with Crippen LogP contribution < -0.4 is 5.32 Å². The quantitative estimate of drug-likeness (QED) is 0.846. The second kappa shape index (κ2) is 7.45. The molecule has 2 unspecified atom stereocenters. The zero-order chi connectivity index (χ0) is 17.0. The normalized spacial score (nSPS) is 18.1. The molecule has 2 N–H and O–H groups in total. The maximum absolute atomic E-state index is 12.5. The van der Waals surface area contributed by atoms with E-state index in [0.717, 1.165) is 19.5 Å². The van der Waals surface area contributed by atoms with Crippen molar-refractivity contribution in [1.82, 2.24) is 10.2 Å². The summed E-state index contributed by atoms with van der Waals surface area (Å²) in [5, 5.41) is 12.6. The molecule has 0 bridgehead atoms. The molecular weight excluding hydrogens is 288 g/mol. The van der Waals surface area contributed by atoms with E-state index in [1.54, 1.807) is 6.92 Å². The van der Waals surface area contributed by atoms with E-state index in [-0.39, 0.29) is 23.5 Å². The van der Waals surface area contributed by atoms with Crippen LogP contribution in [0.3, 0.4) is 0 Å². The van der Waals surface area contributed by atoms with Crippen molar-refractivity contribution in [3.8, 4) is 0 Å². The monoisotopic (exact) mass is 318 g/mol. The van der Waals surface area contributed by atoms with Crippen LogP contribution in [0.2, 0.25) is 0 Å². The molecule has 1 aromatic rings. The van der Waals surface area contributed by atoms with Crippen molar-refractivity contribution in [3.63, 3.8) is 0 Å². The molecule has 2 atom stereocenters. The van der Waals surface area contributed by atoms with Crippen LogP contribution in [0.15, 0.2) is 24.3 Å². The van der Waals surface area contributed by atoms with Crippen LogP contribution in [-0.2, 0) is 17.8 Å². The van der Waals surface area contributed by atoms with Gasteiger partial charge in [-0.05, 0) is 43.2 Å². The first kappa shape index (κ1) is 18.0. The number of nitrogens with one attached hydrogen (secondary N) is 1. The fourth-order valence-electron chi connectivity index (χ4n) is 3.36. The second-order valence-electron chi connectivity index (χ2n) is 7.60. The molecule has 1 heterocycles. The highest BCUT2D eigenvalue weighted by molar-refractivity contribution is 5.81. The molecule has 1 aliphatic rings. The number of hydrogen-bond acceptors (Lipinski definition) is 3. The smallest absolute Gasteiger partial charge is 0.237 e. The Balaban J connectivity index is 1.88. The predicted molar refractivity (Wildman–Crippen MR) is 93.1 cm³/mol. The largest absolute Gasteiger partial charge is 0.393 e. The van der Waals surface area contributed by atoms with E-state index in [0.29, 0.717) is 13.0 Å². The third-order valence-corrected chi connectivity index (χ3v) is 4.68. The summed E-state index contributed by atoms with van der Waals surface area (Å²) in [7, 11) is 0. The first-order chi connectivity index (χ1) is 10.8. The molecule has 0 aliphatic carbocycles. The van der Waals surface area contributed by atoms with E-state index < -0.39 is 0 Å². The Bertz CT molecular complexity index is 540. The van der Waals surface area contributed by atoms with Gasteiger partial charge in [-0.25, -0.2) is 0 Å². The molecule has 0 saturated carbocycles. The molecule has 1 amide bonds. The van der Waals surface area contributed by atoms with Gasteiger partial charge in [0.05, 0.1) is 12.1 Å². The van der Waals surface area contributed by atoms with Gasteiger partial charge in [0, 0.05) is 19.6 Å². The summed E-state index contributed by atoms with van der Waals surface area (Å²) in [6.07, 6.45) is 1.33. The number of nitrogens with zero attached hydrogens (tertiary/aromatic N) is 1. The van der Waals surface area contributed by atoms with Gasteiger partial charge in [-0.1, -0.05) is 38.1 Å². The minimum atomic E-state index is -0.349. The van der Waals surface area contributed by atoms with Crippen LogP contribution in [0.1, 0.15) is 45.2 Å². The third-order valence-electron chi connectivity index (χ3n) is 4.68. The average molecular weight is 318 g/mol. The van der Waals surface area contributed by atoms with E-state index in [1.165, 1.54) is 11.1 Å². The van der Waals surface area contributed by atoms with Gasteiger partial charge in [-0.3, -0.25) is 9.69 Å². The molecule has 23 heavy (non-hydrogen) atoms. The molecule has 0 radical (unpaired) electrons. The zero-order valence-corrected chi connectivity index (χ0v) is 14.8. The van der Waals surface area contributed by atoms with Gasteiger partial charge in [0.25, 0.3) is 0 Å². The number of amides is 1. The lowest BCUT2D eigenvalue weighted by atomic mass is 9.87. The Kier molecular flexibility index (Phi) is 5.82. The van der Waals surface area contributed by atoms with Crippen molar-refractivity contribution < 1.29 is 9.90 Å². The Morgan fingerprint density at radius 3 is 2.61 bits per heavy atom. The number of carbonyl (C=O) groups is 1. The Hall–Kier alpha value is -1.39. The van der Waals surface area contributed by atoms with E-state index in [1.807, 2.05) is 6.92 Å². The molecule has 0 saturated heterocycles. The molecule has 1 aromatic carbocycles. The van der Waals surface area contributed by atoms with Crippen LogP contribution in [0, 0.1) is 5.41 Å². The number of fused-ring (bicyclic) bond motifs is 1. The number of carbonyl (C=O) groups excluding carboxylic acids is 1. The highest BCUT2D eigenvalue weighted by Gasteiger charge is 2.27. The number of rotatable bonds is 6. The second-order valence-corrected chi connectivity index (χ2v) is 7.60. The SMILES string of the molecule is CC(O)CC(C)(C)CNC(=O)C(C)N1CCc2ccccc2C1. The third kappa shape index (κ3) is 5.05. The molecule has 4 nitrogen and oxygen atoms in total. The van der Waals surface area contributed by atoms with E-state index >= 15 is 0 Å². The molecule has 0 fully saturated rings. The van der Waals surface area contributed by atoms with Crippen molar-refractivity contribution in [1.29, 1.82) is 0 Å². The summed E-state index contributed by atoms with van der Waals surface area (Å²) >= 11 is 0. The highest BCUT2D eigenvalue weighted by Crippen LogP contribution is 2.22. The predicted octanol–water partition coefficient (Wildman–Crippen LogP) is 2.35. The summed E-state index contributed by atoms with van der Waals surface area (Å²) < 4.78 is 0. The number of aliphatic hydroxyl groups excluding tert-OH is 1. The molecule has 1 aliphatic heterocycles. The minimum absolute atomic E-state index is 0.0723. The first-order valence-electron chi connectivity index (χ1n) is 8.55. The zero-order valence-electron chi connectivity index (χ0n) is 14.8. The topological polar surface area (TPSA) is 52.6 Å². The lowest BCUT2D eigenvalue weighted by molar-refractivity contribution is -0.126. The van der Waals surface area contributed by atoms with Gasteiger partial charge in [0.1, 0.15) is 0 Å². The van der Waals surface area contributed by atoms with Crippen molar-refractivity contribution in [2.45, 2.75) is 59.2 Å². The summed E-state index contributed by atoms with van der Waals surface area (Å²) in [5.74, 6) is 0.0723.